The van der Waals surface area contributed by atoms with Crippen LogP contribution in [0.1, 0.15) is 9.67 Å². The van der Waals surface area contributed by atoms with E-state index in [-0.39, 0.29) is 11.4 Å². The molecule has 0 spiro atoms. The maximum absolute atomic E-state index is 11.3. The van der Waals surface area contributed by atoms with E-state index in [1.807, 2.05) is 0 Å². The van der Waals surface area contributed by atoms with Gasteiger partial charge in [0, 0.05) is 5.56 Å². The zero-order valence-electron chi connectivity index (χ0n) is 9.38. The van der Waals surface area contributed by atoms with Gasteiger partial charge >= 0.3 is 5.97 Å². The van der Waals surface area contributed by atoms with Gasteiger partial charge in [-0.3, -0.25) is 0 Å². The van der Waals surface area contributed by atoms with E-state index in [9.17, 15) is 9.90 Å². The molecule has 18 heavy (non-hydrogen) atoms. The number of aromatic hydroxyl groups is 1. The van der Waals surface area contributed by atoms with Crippen LogP contribution in [0.25, 0.3) is 15.4 Å². The molecule has 90 valence electrons. The third-order valence-electron chi connectivity index (χ3n) is 2.24. The van der Waals surface area contributed by atoms with Gasteiger partial charge in [0.1, 0.15) is 15.6 Å². The maximum Gasteiger partial charge on any atom is 0.349 e. The maximum atomic E-state index is 11.3. The van der Waals surface area contributed by atoms with Gasteiger partial charge < -0.3 is 9.84 Å². The summed E-state index contributed by atoms with van der Waals surface area (Å²) < 4.78 is 4.59. The summed E-state index contributed by atoms with van der Waals surface area (Å²) in [6.45, 7) is 6.92. The summed E-state index contributed by atoms with van der Waals surface area (Å²) in [7, 11) is 1.30. The first-order valence-corrected chi connectivity index (χ1v) is 5.72. The summed E-state index contributed by atoms with van der Waals surface area (Å²) in [6, 6.07) is 4.61. The normalized spacial score (nSPS) is 9.78. The number of phenols is 1. The fourth-order valence-corrected chi connectivity index (χ4v) is 2.18. The van der Waals surface area contributed by atoms with Crippen LogP contribution in [0.4, 0.5) is 5.69 Å². The predicted octanol–water partition coefficient (Wildman–Crippen LogP) is 2.85. The highest BCUT2D eigenvalue weighted by Gasteiger charge is 2.12. The van der Waals surface area contributed by atoms with Crippen molar-refractivity contribution in [2.24, 2.45) is 0 Å². The number of esters is 1. The molecule has 0 aliphatic rings. The van der Waals surface area contributed by atoms with Crippen molar-refractivity contribution in [2.45, 2.75) is 0 Å². The first kappa shape index (κ1) is 12.1. The Morgan fingerprint density at radius 1 is 1.56 bits per heavy atom. The number of hydrogen-bond donors (Lipinski definition) is 1. The fraction of sp³-hybridized carbons (Fsp3) is 0.0833. The lowest BCUT2D eigenvalue weighted by molar-refractivity contribution is 0.0606. The van der Waals surface area contributed by atoms with Crippen LogP contribution < -0.4 is 0 Å². The molecular formula is C12H8N2O3S. The third kappa shape index (κ3) is 2.17. The number of thiazole rings is 1. The Kier molecular flexibility index (Phi) is 3.26. The van der Waals surface area contributed by atoms with Gasteiger partial charge in [-0.2, -0.15) is 0 Å². The number of ether oxygens (including phenoxy) is 1. The highest BCUT2D eigenvalue weighted by molar-refractivity contribution is 7.16. The van der Waals surface area contributed by atoms with Crippen LogP contribution in [0, 0.1) is 6.57 Å². The minimum Gasteiger partial charge on any atom is -0.519 e. The molecular weight excluding hydrogens is 252 g/mol. The van der Waals surface area contributed by atoms with Crippen molar-refractivity contribution < 1.29 is 14.6 Å². The van der Waals surface area contributed by atoms with E-state index in [4.69, 9.17) is 6.57 Å². The van der Waals surface area contributed by atoms with Crippen molar-refractivity contribution in [1.29, 1.82) is 0 Å². The lowest BCUT2D eigenvalue weighted by atomic mass is 10.2. The number of aromatic nitrogens is 1. The molecule has 0 unspecified atom stereocenters. The minimum absolute atomic E-state index is 0.0708. The van der Waals surface area contributed by atoms with E-state index in [1.165, 1.54) is 36.8 Å². The van der Waals surface area contributed by atoms with Crippen LogP contribution in [0.5, 0.6) is 5.75 Å². The fourth-order valence-electron chi connectivity index (χ4n) is 1.35. The van der Waals surface area contributed by atoms with Crippen molar-refractivity contribution in [1.82, 2.24) is 4.98 Å². The van der Waals surface area contributed by atoms with Gasteiger partial charge in [0.15, 0.2) is 0 Å². The quantitative estimate of drug-likeness (QED) is 0.666. The largest absolute Gasteiger partial charge is 0.519 e. The zero-order chi connectivity index (χ0) is 13.1. The molecule has 1 aromatic carbocycles. The SMILES string of the molecule is [C-]#[N+]c1cc(-c2ncc(C(=O)OC)s2)ccc1O. The van der Waals surface area contributed by atoms with Crippen LogP contribution in [-0.4, -0.2) is 23.2 Å². The molecule has 0 bridgehead atoms. The molecule has 5 nitrogen and oxygen atoms in total. The summed E-state index contributed by atoms with van der Waals surface area (Å²) in [5, 5.41) is 10.0. The van der Waals surface area contributed by atoms with Gasteiger partial charge in [0.05, 0.1) is 19.9 Å². The molecule has 2 aromatic rings. The number of carbonyl (C=O) groups is 1. The van der Waals surface area contributed by atoms with Crippen molar-refractivity contribution in [3.63, 3.8) is 0 Å². The van der Waals surface area contributed by atoms with Gasteiger partial charge in [-0.1, -0.05) is 6.07 Å². The third-order valence-corrected chi connectivity index (χ3v) is 3.26. The second-order valence-electron chi connectivity index (χ2n) is 3.34. The van der Waals surface area contributed by atoms with Crippen molar-refractivity contribution in [2.75, 3.05) is 7.11 Å². The Morgan fingerprint density at radius 2 is 2.33 bits per heavy atom. The van der Waals surface area contributed by atoms with E-state index < -0.39 is 5.97 Å². The first-order valence-electron chi connectivity index (χ1n) is 4.90. The second-order valence-corrected chi connectivity index (χ2v) is 4.37. The molecule has 1 N–H and O–H groups in total. The molecule has 0 saturated carbocycles. The predicted molar refractivity (Wildman–Crippen MR) is 66.8 cm³/mol. The number of phenolic OH excluding ortho intramolecular Hbond substituents is 1. The van der Waals surface area contributed by atoms with Crippen molar-refractivity contribution in [3.05, 3.63) is 40.7 Å². The monoisotopic (exact) mass is 260 g/mol. The molecule has 1 aromatic heterocycles. The highest BCUT2D eigenvalue weighted by atomic mass is 32.1. The Hall–Kier alpha value is -2.39. The molecule has 2 rings (SSSR count). The average Bonchev–Trinajstić information content (AvgIpc) is 2.88. The standard InChI is InChI=1S/C12H8N2O3S/c1-13-8-5-7(3-4-9(8)15)11-14-6-10(18-11)12(16)17-2/h3-6,15H,2H3. The lowest BCUT2D eigenvalue weighted by Gasteiger charge is -1.99. The van der Waals surface area contributed by atoms with E-state index in [0.29, 0.717) is 15.4 Å². The Labute approximate surface area is 107 Å². The molecule has 0 radical (unpaired) electrons. The molecule has 0 saturated heterocycles. The topological polar surface area (TPSA) is 63.8 Å². The smallest absolute Gasteiger partial charge is 0.349 e. The first-order chi connectivity index (χ1) is 8.65. The summed E-state index contributed by atoms with van der Waals surface area (Å²) in [5.74, 6) is -0.513. The van der Waals surface area contributed by atoms with Crippen LogP contribution in [-0.2, 0) is 4.74 Å². The number of rotatable bonds is 2. The van der Waals surface area contributed by atoms with E-state index >= 15 is 0 Å². The van der Waals surface area contributed by atoms with Crippen molar-refractivity contribution in [3.8, 4) is 16.3 Å². The van der Waals surface area contributed by atoms with Crippen LogP contribution in [0.15, 0.2) is 24.4 Å². The van der Waals surface area contributed by atoms with Gasteiger partial charge in [-0.15, -0.1) is 11.3 Å². The van der Waals surface area contributed by atoms with E-state index in [1.54, 1.807) is 6.07 Å². The summed E-state index contributed by atoms with van der Waals surface area (Å²) in [5.41, 5.74) is 0.835. The van der Waals surface area contributed by atoms with Crippen molar-refractivity contribution >= 4 is 23.0 Å². The van der Waals surface area contributed by atoms with Crippen LogP contribution >= 0.6 is 11.3 Å². The molecule has 0 fully saturated rings. The Balaban J connectivity index is 2.41. The molecule has 6 heteroatoms. The highest BCUT2D eigenvalue weighted by Crippen LogP contribution is 2.33. The Bertz CT molecular complexity index is 643. The van der Waals surface area contributed by atoms with E-state index in [2.05, 4.69) is 14.6 Å². The molecule has 0 aliphatic heterocycles. The van der Waals surface area contributed by atoms with Gasteiger partial charge in [0.25, 0.3) is 0 Å². The average molecular weight is 260 g/mol. The van der Waals surface area contributed by atoms with Gasteiger partial charge in [-0.25, -0.2) is 14.6 Å². The van der Waals surface area contributed by atoms with Gasteiger partial charge in [0.2, 0.25) is 5.69 Å². The van der Waals surface area contributed by atoms with Crippen LogP contribution in [0.2, 0.25) is 0 Å². The number of carbonyl (C=O) groups excluding carboxylic acids is 1. The summed E-state index contributed by atoms with van der Waals surface area (Å²) >= 11 is 1.17. The molecule has 1 heterocycles. The molecule has 0 amide bonds. The number of nitrogens with zero attached hydrogens (tertiary/aromatic N) is 2. The number of methoxy groups -OCH3 is 1. The van der Waals surface area contributed by atoms with E-state index in [0.717, 1.165) is 0 Å². The number of benzene rings is 1. The minimum atomic E-state index is -0.442. The molecule has 0 atom stereocenters. The second kappa shape index (κ2) is 4.85. The summed E-state index contributed by atoms with van der Waals surface area (Å²) in [4.78, 5) is 19.0. The zero-order valence-corrected chi connectivity index (χ0v) is 10.2. The Morgan fingerprint density at radius 3 is 3.00 bits per heavy atom. The summed E-state index contributed by atoms with van der Waals surface area (Å²) in [6.07, 6.45) is 1.43. The molecule has 0 aliphatic carbocycles. The van der Waals surface area contributed by atoms with Crippen LogP contribution in [0.3, 0.4) is 0 Å². The number of hydrogen-bond acceptors (Lipinski definition) is 5. The lowest BCUT2D eigenvalue weighted by Crippen LogP contribution is -1.96. The van der Waals surface area contributed by atoms with Gasteiger partial charge in [-0.05, 0) is 12.1 Å².